The first-order chi connectivity index (χ1) is 4.63. The third-order valence-corrected chi connectivity index (χ3v) is 3.00. The van der Waals surface area contributed by atoms with Gasteiger partial charge in [-0.25, -0.2) is 0 Å². The van der Waals surface area contributed by atoms with E-state index in [9.17, 15) is 0 Å². The third-order valence-electron chi connectivity index (χ3n) is 1.36. The van der Waals surface area contributed by atoms with Crippen LogP contribution in [0.5, 0.6) is 0 Å². The summed E-state index contributed by atoms with van der Waals surface area (Å²) in [6, 6.07) is 0. The second-order valence-electron chi connectivity index (χ2n) is 2.20. The van der Waals surface area contributed by atoms with E-state index in [1.54, 1.807) is 22.5 Å². The Bertz CT molecular complexity index is 70.5. The van der Waals surface area contributed by atoms with Gasteiger partial charge in [-0.05, 0) is 0 Å². The van der Waals surface area contributed by atoms with Crippen molar-refractivity contribution in [3.8, 4) is 0 Å². The molecule has 4 radical (unpaired) electrons. The van der Waals surface area contributed by atoms with Gasteiger partial charge in [-0.2, -0.15) is 0 Å². The molecule has 0 N–H and O–H groups in total. The van der Waals surface area contributed by atoms with Crippen molar-refractivity contribution >= 4 is 65.7 Å². The molecule has 0 bridgehead atoms. The maximum absolute atomic E-state index is 5.00. The zero-order chi connectivity index (χ0) is 7.98. The number of halogens is 3. The van der Waals surface area contributed by atoms with Gasteiger partial charge in [-0.1, -0.05) is 0 Å². The Morgan fingerprint density at radius 1 is 1.10 bits per heavy atom. The molecule has 0 aromatic carbocycles. The zero-order valence-corrected chi connectivity index (χ0v) is 13.5. The summed E-state index contributed by atoms with van der Waals surface area (Å²) in [6.07, 6.45) is 6.07. The summed E-state index contributed by atoms with van der Waals surface area (Å²) in [6.45, 7) is 0. The molecule has 0 atom stereocenters. The van der Waals surface area contributed by atoms with Crippen molar-refractivity contribution in [3.63, 3.8) is 0 Å². The molecule has 1 aliphatic rings. The predicted molar refractivity (Wildman–Crippen MR) is 51.3 cm³/mol. The Morgan fingerprint density at radius 2 is 1.40 bits per heavy atom. The Balaban J connectivity index is 0.000000180. The van der Waals surface area contributed by atoms with Gasteiger partial charge in [-0.15, -0.1) is 0 Å². The third kappa shape index (κ3) is 10.5. The van der Waals surface area contributed by atoms with Crippen LogP contribution in [-0.2, 0) is 0 Å². The second-order valence-corrected chi connectivity index (χ2v) is 17.2. The van der Waals surface area contributed by atoms with Gasteiger partial charge in [0, 0.05) is 0 Å². The van der Waals surface area contributed by atoms with Gasteiger partial charge in [0.25, 0.3) is 0 Å². The molecule has 1 aliphatic carbocycles. The van der Waals surface area contributed by atoms with E-state index in [1.807, 2.05) is 0 Å². The van der Waals surface area contributed by atoms with E-state index >= 15 is 0 Å². The van der Waals surface area contributed by atoms with E-state index in [1.165, 1.54) is 25.7 Å². The molecular weight excluding hydrogens is 404 g/mol. The van der Waals surface area contributed by atoms with Crippen LogP contribution >= 0.6 is 26.8 Å². The van der Waals surface area contributed by atoms with Crippen molar-refractivity contribution in [1.82, 2.24) is 0 Å². The minimum absolute atomic E-state index is 1.14. The molecule has 58 valence electrons. The second kappa shape index (κ2) is 8.08. The van der Waals surface area contributed by atoms with Crippen molar-refractivity contribution in [2.75, 3.05) is 0 Å². The SMILES string of the molecule is [Cl][Sn]([Cl])[Cl].[Sn][CH]1CCCC1. The van der Waals surface area contributed by atoms with Gasteiger partial charge in [0.1, 0.15) is 0 Å². The predicted octanol–water partition coefficient (Wildman–Crippen LogP) is 3.21. The van der Waals surface area contributed by atoms with Gasteiger partial charge in [0.2, 0.25) is 0 Å². The first kappa shape index (κ1) is 12.5. The molecule has 1 rings (SSSR count). The Morgan fingerprint density at radius 3 is 1.50 bits per heavy atom. The molecule has 10 heavy (non-hydrogen) atoms. The zero-order valence-electron chi connectivity index (χ0n) is 5.54. The van der Waals surface area contributed by atoms with Crippen LogP contribution in [0.4, 0.5) is 0 Å². The first-order valence-corrected chi connectivity index (χ1v) is 15.7. The van der Waals surface area contributed by atoms with E-state index in [0.29, 0.717) is 0 Å². The van der Waals surface area contributed by atoms with E-state index in [0.717, 1.165) is 3.93 Å². The minimum atomic E-state index is -2.13. The van der Waals surface area contributed by atoms with Crippen LogP contribution in [-0.4, -0.2) is 38.9 Å². The van der Waals surface area contributed by atoms with E-state index in [4.69, 9.17) is 26.8 Å². The molecule has 1 saturated carbocycles. The van der Waals surface area contributed by atoms with Gasteiger partial charge in [-0.3, -0.25) is 0 Å². The first-order valence-electron chi connectivity index (χ1n) is 3.17. The van der Waals surface area contributed by atoms with Crippen LogP contribution in [0.1, 0.15) is 25.7 Å². The average Bonchev–Trinajstić information content (AvgIpc) is 2.15. The molecule has 0 heterocycles. The van der Waals surface area contributed by atoms with Gasteiger partial charge in [0.15, 0.2) is 0 Å². The van der Waals surface area contributed by atoms with Crippen molar-refractivity contribution in [3.05, 3.63) is 0 Å². The Kier molecular flexibility index (Phi) is 10.1. The molecule has 0 saturated heterocycles. The van der Waals surface area contributed by atoms with Crippen LogP contribution in [0, 0.1) is 0 Å². The van der Waals surface area contributed by atoms with Crippen LogP contribution in [0.2, 0.25) is 3.93 Å². The molecular formula is C5H9Cl3Sn2. The summed E-state index contributed by atoms with van der Waals surface area (Å²) < 4.78 is 1.14. The van der Waals surface area contributed by atoms with Crippen LogP contribution in [0.3, 0.4) is 0 Å². The molecule has 0 unspecified atom stereocenters. The monoisotopic (exact) mass is 414 g/mol. The molecule has 0 amide bonds. The summed E-state index contributed by atoms with van der Waals surface area (Å²) in [4.78, 5) is 0. The molecule has 5 heteroatoms. The van der Waals surface area contributed by atoms with E-state index in [-0.39, 0.29) is 0 Å². The normalized spacial score (nSPS) is 18.9. The fraction of sp³-hybridized carbons (Fsp3) is 1.00. The number of rotatable bonds is 0. The van der Waals surface area contributed by atoms with Crippen molar-refractivity contribution < 1.29 is 0 Å². The summed E-state index contributed by atoms with van der Waals surface area (Å²) >= 11 is -0.361. The summed E-state index contributed by atoms with van der Waals surface area (Å²) in [5, 5.41) is 0. The molecule has 0 nitrogen and oxygen atoms in total. The topological polar surface area (TPSA) is 0 Å². The number of hydrogen-bond acceptors (Lipinski definition) is 0. The number of hydrogen-bond donors (Lipinski definition) is 0. The standard InChI is InChI=1S/C5H9.3ClH.2Sn/c1-2-4-5-3-1;;;;;/h1H,2-5H2;3*1H;;/q;;;;;+3/p-3. The molecule has 0 aromatic heterocycles. The molecule has 1 fully saturated rings. The summed E-state index contributed by atoms with van der Waals surface area (Å²) in [5.74, 6) is 0. The molecule has 0 spiro atoms. The van der Waals surface area contributed by atoms with Gasteiger partial charge < -0.3 is 0 Å². The molecule has 0 aromatic rings. The van der Waals surface area contributed by atoms with Gasteiger partial charge >= 0.3 is 95.3 Å². The van der Waals surface area contributed by atoms with E-state index < -0.39 is 16.4 Å². The van der Waals surface area contributed by atoms with Crippen LogP contribution in [0.25, 0.3) is 0 Å². The van der Waals surface area contributed by atoms with Crippen LogP contribution in [0.15, 0.2) is 0 Å². The van der Waals surface area contributed by atoms with Crippen molar-refractivity contribution in [1.29, 1.82) is 0 Å². The fourth-order valence-corrected chi connectivity index (χ4v) is 2.09. The quantitative estimate of drug-likeness (QED) is 0.536. The van der Waals surface area contributed by atoms with E-state index in [2.05, 4.69) is 0 Å². The molecule has 0 aliphatic heterocycles. The summed E-state index contributed by atoms with van der Waals surface area (Å²) in [7, 11) is 15.0. The Labute approximate surface area is 94.0 Å². The van der Waals surface area contributed by atoms with Crippen molar-refractivity contribution in [2.24, 2.45) is 0 Å². The van der Waals surface area contributed by atoms with Gasteiger partial charge in [0.05, 0.1) is 0 Å². The Hall–Kier alpha value is 2.47. The summed E-state index contributed by atoms with van der Waals surface area (Å²) in [5.41, 5.74) is 0. The van der Waals surface area contributed by atoms with Crippen molar-refractivity contribution in [2.45, 2.75) is 29.6 Å². The van der Waals surface area contributed by atoms with Crippen LogP contribution < -0.4 is 0 Å². The average molecular weight is 413 g/mol. The fourth-order valence-electron chi connectivity index (χ4n) is 0.926. The maximum atomic E-state index is 5.00.